The van der Waals surface area contributed by atoms with Gasteiger partial charge in [0, 0.05) is 0 Å². The van der Waals surface area contributed by atoms with Gasteiger partial charge in [-0.3, -0.25) is 0 Å². The second-order valence-corrected chi connectivity index (χ2v) is 13.5. The number of hydrogen-bond donors (Lipinski definition) is 0. The van der Waals surface area contributed by atoms with Gasteiger partial charge in [0.2, 0.25) is 0 Å². The minimum atomic E-state index is -1.86. The summed E-state index contributed by atoms with van der Waals surface area (Å²) in [5.74, 6) is 0. The van der Waals surface area contributed by atoms with Gasteiger partial charge in [0.25, 0.3) is 0 Å². The van der Waals surface area contributed by atoms with Gasteiger partial charge in [0.05, 0.1) is 24.7 Å². The summed E-state index contributed by atoms with van der Waals surface area (Å²) in [4.78, 5) is 21.0. The highest BCUT2D eigenvalue weighted by Gasteiger charge is 2.37. The Labute approximate surface area is 149 Å². The molecule has 0 aliphatic rings. The zero-order valence-electron chi connectivity index (χ0n) is 16.4. The Balaban J connectivity index is 2.18. The van der Waals surface area contributed by atoms with E-state index in [4.69, 9.17) is 9.16 Å². The fourth-order valence-electron chi connectivity index (χ4n) is 1.83. The van der Waals surface area contributed by atoms with Gasteiger partial charge < -0.3 is 9.16 Å². The third-order valence-corrected chi connectivity index (χ3v) is 8.76. The molecule has 0 saturated heterocycles. The van der Waals surface area contributed by atoms with Crippen LogP contribution in [0.5, 0.6) is 0 Å². The van der Waals surface area contributed by atoms with Crippen molar-refractivity contribution in [3.63, 3.8) is 0 Å². The molecular weight excluding hydrogens is 336 g/mol. The van der Waals surface area contributed by atoms with Crippen LogP contribution in [0.25, 0.3) is 11.2 Å². The van der Waals surface area contributed by atoms with Crippen LogP contribution in [-0.2, 0) is 15.8 Å². The number of aromatic nitrogens is 4. The molecule has 0 fully saturated rings. The molecule has 2 heterocycles. The summed E-state index contributed by atoms with van der Waals surface area (Å²) in [7, 11) is -1.86. The highest BCUT2D eigenvalue weighted by Crippen LogP contribution is 2.36. The molecule has 0 aliphatic carbocycles. The zero-order valence-corrected chi connectivity index (χ0v) is 17.4. The van der Waals surface area contributed by atoms with E-state index in [1.807, 2.05) is 0 Å². The molecule has 0 saturated carbocycles. The summed E-state index contributed by atoms with van der Waals surface area (Å²) in [6.07, 6.45) is 2.57. The molecule has 25 heavy (non-hydrogen) atoms. The van der Waals surface area contributed by atoms with E-state index in [1.54, 1.807) is 27.0 Å². The summed E-state index contributed by atoms with van der Waals surface area (Å²) < 4.78 is 12.6. The van der Waals surface area contributed by atoms with Crippen molar-refractivity contribution >= 4 is 25.6 Å². The highest BCUT2D eigenvalue weighted by molar-refractivity contribution is 6.74. The molecule has 7 nitrogen and oxygen atoms in total. The van der Waals surface area contributed by atoms with Crippen LogP contribution in [0.4, 0.5) is 4.79 Å². The van der Waals surface area contributed by atoms with Crippen molar-refractivity contribution in [3.8, 4) is 0 Å². The van der Waals surface area contributed by atoms with Crippen molar-refractivity contribution in [2.24, 2.45) is 0 Å². The molecule has 0 spiro atoms. The smallest absolute Gasteiger partial charge is 0.437 e. The monoisotopic (exact) mass is 364 g/mol. The van der Waals surface area contributed by atoms with Crippen LogP contribution in [0.2, 0.25) is 18.1 Å². The van der Waals surface area contributed by atoms with Crippen LogP contribution in [0.15, 0.2) is 12.4 Å². The summed E-state index contributed by atoms with van der Waals surface area (Å²) in [6.45, 7) is 16.8. The Morgan fingerprint density at radius 1 is 1.16 bits per heavy atom. The van der Waals surface area contributed by atoms with Crippen LogP contribution in [0, 0.1) is 0 Å². The Morgan fingerprint density at radius 3 is 2.36 bits per heavy atom. The lowest BCUT2D eigenvalue weighted by atomic mass is 10.2. The third kappa shape index (κ3) is 4.64. The van der Waals surface area contributed by atoms with E-state index in [0.717, 1.165) is 10.4 Å². The average Bonchev–Trinajstić information content (AvgIpc) is 2.85. The number of carbonyl (C=O) groups is 1. The minimum Gasteiger partial charge on any atom is -0.442 e. The molecule has 0 N–H and O–H groups in total. The van der Waals surface area contributed by atoms with Crippen molar-refractivity contribution in [2.75, 3.05) is 0 Å². The van der Waals surface area contributed by atoms with Crippen LogP contribution < -0.4 is 0 Å². The van der Waals surface area contributed by atoms with Crippen molar-refractivity contribution in [3.05, 3.63) is 18.1 Å². The number of rotatable bonds is 3. The summed E-state index contributed by atoms with van der Waals surface area (Å²) in [5, 5.41) is 4.18. The number of carbonyl (C=O) groups excluding carboxylic acids is 1. The van der Waals surface area contributed by atoms with E-state index in [2.05, 4.69) is 48.9 Å². The molecule has 0 radical (unpaired) electrons. The van der Waals surface area contributed by atoms with Gasteiger partial charge in [-0.25, -0.2) is 14.8 Å². The first kappa shape index (κ1) is 19.5. The standard InChI is InChI=1S/C17H28N4O3Si/c1-16(2,3)24-15(22)21-14-13(10-19-21)20-12(9-18-14)11-23-25(7,8)17(4,5)6/h9-10H,11H2,1-8H3. The minimum absolute atomic E-state index is 0.131. The first-order valence-corrected chi connectivity index (χ1v) is 11.3. The normalized spacial score (nSPS) is 13.3. The average molecular weight is 365 g/mol. The lowest BCUT2D eigenvalue weighted by Gasteiger charge is -2.35. The first-order valence-electron chi connectivity index (χ1n) is 8.37. The lowest BCUT2D eigenvalue weighted by Crippen LogP contribution is -2.40. The Morgan fingerprint density at radius 2 is 1.80 bits per heavy atom. The predicted octanol–water partition coefficient (Wildman–Crippen LogP) is 4.13. The van der Waals surface area contributed by atoms with E-state index >= 15 is 0 Å². The molecular formula is C17H28N4O3Si. The summed E-state index contributed by atoms with van der Waals surface area (Å²) in [5.41, 5.74) is 1.05. The van der Waals surface area contributed by atoms with E-state index < -0.39 is 20.0 Å². The largest absolute Gasteiger partial charge is 0.442 e. The third-order valence-electron chi connectivity index (χ3n) is 4.28. The van der Waals surface area contributed by atoms with Crippen LogP contribution in [-0.4, -0.2) is 39.8 Å². The van der Waals surface area contributed by atoms with Gasteiger partial charge >= 0.3 is 6.09 Å². The van der Waals surface area contributed by atoms with Crippen LogP contribution in [0.1, 0.15) is 47.2 Å². The predicted molar refractivity (Wildman–Crippen MR) is 98.9 cm³/mol. The SMILES string of the molecule is CC(C)(C)OC(=O)n1ncc2nc(CO[Si](C)(C)C(C)(C)C)cnc21. The molecule has 8 heteroatoms. The molecule has 0 unspecified atom stereocenters. The maximum Gasteiger partial charge on any atom is 0.437 e. The molecule has 0 bridgehead atoms. The number of fused-ring (bicyclic) bond motifs is 1. The molecule has 0 amide bonds. The van der Waals surface area contributed by atoms with Crippen molar-refractivity contribution in [2.45, 2.75) is 71.9 Å². The molecule has 2 aromatic rings. The topological polar surface area (TPSA) is 79.1 Å². The quantitative estimate of drug-likeness (QED) is 0.762. The Kier molecular flexibility index (Phi) is 5.07. The van der Waals surface area contributed by atoms with Gasteiger partial charge in [-0.05, 0) is 38.9 Å². The maximum absolute atomic E-state index is 12.2. The van der Waals surface area contributed by atoms with Gasteiger partial charge in [-0.1, -0.05) is 20.8 Å². The van der Waals surface area contributed by atoms with Gasteiger partial charge in [-0.2, -0.15) is 5.10 Å². The van der Waals surface area contributed by atoms with E-state index in [1.165, 1.54) is 6.20 Å². The molecule has 0 atom stereocenters. The number of ether oxygens (including phenoxy) is 1. The highest BCUT2D eigenvalue weighted by atomic mass is 28.4. The van der Waals surface area contributed by atoms with Gasteiger partial charge in [-0.15, -0.1) is 4.68 Å². The number of hydrogen-bond acceptors (Lipinski definition) is 6. The molecule has 138 valence electrons. The lowest BCUT2D eigenvalue weighted by molar-refractivity contribution is 0.0521. The second kappa shape index (κ2) is 6.49. The van der Waals surface area contributed by atoms with Gasteiger partial charge in [0.1, 0.15) is 11.1 Å². The fourth-order valence-corrected chi connectivity index (χ4v) is 2.77. The summed E-state index contributed by atoms with van der Waals surface area (Å²) in [6, 6.07) is 0. The van der Waals surface area contributed by atoms with E-state index in [-0.39, 0.29) is 5.04 Å². The van der Waals surface area contributed by atoms with E-state index in [9.17, 15) is 4.79 Å². The van der Waals surface area contributed by atoms with Crippen molar-refractivity contribution in [1.29, 1.82) is 0 Å². The second-order valence-electron chi connectivity index (χ2n) is 8.66. The fraction of sp³-hybridized carbons (Fsp3) is 0.647. The Hall–Kier alpha value is -1.80. The first-order chi connectivity index (χ1) is 11.3. The molecule has 0 aliphatic heterocycles. The zero-order chi connectivity index (χ0) is 19.0. The molecule has 0 aromatic carbocycles. The Bertz CT molecular complexity index is 772. The van der Waals surface area contributed by atoms with Crippen molar-refractivity contribution < 1.29 is 14.0 Å². The van der Waals surface area contributed by atoms with Crippen molar-refractivity contribution in [1.82, 2.24) is 19.7 Å². The van der Waals surface area contributed by atoms with Gasteiger partial charge in [0.15, 0.2) is 14.0 Å². The molecule has 2 aromatic heterocycles. The molecule has 2 rings (SSSR count). The van der Waals surface area contributed by atoms with Crippen LogP contribution >= 0.6 is 0 Å². The van der Waals surface area contributed by atoms with E-state index in [0.29, 0.717) is 17.8 Å². The van der Waals surface area contributed by atoms with Crippen LogP contribution in [0.3, 0.4) is 0 Å². The summed E-state index contributed by atoms with van der Waals surface area (Å²) >= 11 is 0. The number of nitrogens with zero attached hydrogens (tertiary/aromatic N) is 4. The maximum atomic E-state index is 12.2.